The average molecular weight is 729 g/mol. The molecule has 0 unspecified atom stereocenters. The Hall–Kier alpha value is -5.66. The fourth-order valence-electron chi connectivity index (χ4n) is 5.21. The lowest BCUT2D eigenvalue weighted by Crippen LogP contribution is -2.46. The Labute approximate surface area is 310 Å². The summed E-state index contributed by atoms with van der Waals surface area (Å²) in [7, 11) is 5.86. The number of piperazine rings is 1. The molecule has 2 aromatic carbocycles. The number of carboxylic acid groups (broad SMARTS) is 2. The molecule has 1 aliphatic heterocycles. The normalized spacial score (nSPS) is 12.7. The second-order valence-electron chi connectivity index (χ2n) is 12.3. The summed E-state index contributed by atoms with van der Waals surface area (Å²) in [5.41, 5.74) is 1.84. The lowest BCUT2D eigenvalue weighted by molar-refractivity contribution is -0.134. The average Bonchev–Trinajstić information content (AvgIpc) is 3.17. The Kier molecular flexibility index (Phi) is 18.1. The number of aliphatic carboxylic acids is 2. The van der Waals surface area contributed by atoms with Gasteiger partial charge in [-0.3, -0.25) is 9.69 Å². The first-order chi connectivity index (χ1) is 25.5. The van der Waals surface area contributed by atoms with E-state index in [0.29, 0.717) is 24.1 Å². The maximum absolute atomic E-state index is 12.9. The Bertz CT molecular complexity index is 1670. The maximum atomic E-state index is 12.9. The largest absolute Gasteiger partial charge is 0.497 e. The van der Waals surface area contributed by atoms with E-state index in [1.807, 2.05) is 54.9 Å². The zero-order valence-corrected chi connectivity index (χ0v) is 30.6. The number of carbonyl (C=O) groups is 3. The number of aromatic nitrogens is 2. The van der Waals surface area contributed by atoms with Gasteiger partial charge in [-0.1, -0.05) is 24.3 Å². The van der Waals surface area contributed by atoms with Crippen molar-refractivity contribution in [2.75, 3.05) is 76.8 Å². The van der Waals surface area contributed by atoms with Crippen LogP contribution < -0.4 is 14.5 Å². The van der Waals surface area contributed by atoms with Crippen LogP contribution in [-0.2, 0) is 16.1 Å². The van der Waals surface area contributed by atoms with Crippen molar-refractivity contribution in [1.29, 1.82) is 0 Å². The Balaban J connectivity index is 0.000000239. The van der Waals surface area contributed by atoms with E-state index in [0.717, 1.165) is 76.2 Å². The molecular weight excluding hydrogens is 679 g/mol. The number of ether oxygens (including phenoxy) is 1. The highest BCUT2D eigenvalue weighted by Crippen LogP contribution is 2.17. The van der Waals surface area contributed by atoms with Gasteiger partial charge < -0.3 is 29.6 Å². The summed E-state index contributed by atoms with van der Waals surface area (Å²) >= 11 is 0. The SMILES string of the molecule is COc1ccc(CN(CCN(C)C)c2ccccn2)cc1.O=C(CCCN1CCN(c2ccccn2)CC1)c1ccc(F)cc1.O=C(O)/C=C\C(=O)O. The number of nitrogens with zero attached hydrogens (tertiary/aromatic N) is 6. The molecule has 1 fully saturated rings. The molecule has 0 atom stereocenters. The van der Waals surface area contributed by atoms with Crippen molar-refractivity contribution in [3.05, 3.63) is 126 Å². The summed E-state index contributed by atoms with van der Waals surface area (Å²) in [6.07, 6.45) is 6.12. The highest BCUT2D eigenvalue weighted by molar-refractivity contribution is 5.96. The van der Waals surface area contributed by atoms with Gasteiger partial charge in [-0.25, -0.2) is 23.9 Å². The number of carbonyl (C=O) groups excluding carboxylic acids is 1. The van der Waals surface area contributed by atoms with Crippen molar-refractivity contribution in [3.8, 4) is 5.75 Å². The maximum Gasteiger partial charge on any atom is 0.328 e. The van der Waals surface area contributed by atoms with Gasteiger partial charge in [0.25, 0.3) is 0 Å². The minimum absolute atomic E-state index is 0.0853. The molecule has 13 heteroatoms. The number of ketones is 1. The van der Waals surface area contributed by atoms with Gasteiger partial charge >= 0.3 is 11.9 Å². The topological polar surface area (TPSA) is 140 Å². The fourth-order valence-corrected chi connectivity index (χ4v) is 5.21. The monoisotopic (exact) mass is 728 g/mol. The lowest BCUT2D eigenvalue weighted by atomic mass is 10.1. The second-order valence-corrected chi connectivity index (χ2v) is 12.3. The summed E-state index contributed by atoms with van der Waals surface area (Å²) in [5.74, 6) is 0.189. The van der Waals surface area contributed by atoms with Gasteiger partial charge in [-0.15, -0.1) is 0 Å². The van der Waals surface area contributed by atoms with Crippen LogP contribution in [-0.4, -0.2) is 115 Å². The molecule has 0 aliphatic carbocycles. The van der Waals surface area contributed by atoms with E-state index in [4.69, 9.17) is 14.9 Å². The van der Waals surface area contributed by atoms with E-state index < -0.39 is 11.9 Å². The third-order valence-electron chi connectivity index (χ3n) is 8.08. The zero-order chi connectivity index (χ0) is 38.4. The summed E-state index contributed by atoms with van der Waals surface area (Å²) in [6.45, 7) is 7.59. The zero-order valence-electron chi connectivity index (χ0n) is 30.6. The number of rotatable bonds is 15. The minimum Gasteiger partial charge on any atom is -0.497 e. The molecule has 12 nitrogen and oxygen atoms in total. The van der Waals surface area contributed by atoms with Crippen LogP contribution in [0.5, 0.6) is 5.75 Å². The number of hydrogen-bond acceptors (Lipinski definition) is 10. The van der Waals surface area contributed by atoms with Crippen molar-refractivity contribution in [3.63, 3.8) is 0 Å². The van der Waals surface area contributed by atoms with Crippen LogP contribution in [0.25, 0.3) is 0 Å². The Morgan fingerprint density at radius 1 is 0.811 bits per heavy atom. The number of methoxy groups -OCH3 is 1. The van der Waals surface area contributed by atoms with Crippen LogP contribution in [0.3, 0.4) is 0 Å². The number of likely N-dealkylation sites (N-methyl/N-ethyl adjacent to an activating group) is 1. The number of Topliss-reactive ketones (excluding diaryl/α,β-unsaturated/α-hetero) is 1. The molecule has 3 heterocycles. The number of carboxylic acids is 2. The second kappa shape index (κ2) is 23.0. The summed E-state index contributed by atoms with van der Waals surface area (Å²) in [5, 5.41) is 15.6. The van der Waals surface area contributed by atoms with Crippen LogP contribution in [0, 0.1) is 5.82 Å². The molecule has 0 bridgehead atoms. The van der Waals surface area contributed by atoms with Gasteiger partial charge in [0.1, 0.15) is 23.2 Å². The molecule has 2 N–H and O–H groups in total. The van der Waals surface area contributed by atoms with E-state index in [1.54, 1.807) is 19.2 Å². The molecule has 5 rings (SSSR count). The van der Waals surface area contributed by atoms with E-state index in [9.17, 15) is 18.8 Å². The molecule has 1 saturated heterocycles. The molecule has 0 amide bonds. The van der Waals surface area contributed by atoms with Crippen molar-refractivity contribution >= 4 is 29.4 Å². The summed E-state index contributed by atoms with van der Waals surface area (Å²) < 4.78 is 18.1. The van der Waals surface area contributed by atoms with Crippen LogP contribution >= 0.6 is 0 Å². The van der Waals surface area contributed by atoms with E-state index in [-0.39, 0.29) is 11.6 Å². The number of pyridine rings is 2. The van der Waals surface area contributed by atoms with E-state index in [1.165, 1.54) is 17.7 Å². The van der Waals surface area contributed by atoms with Crippen molar-refractivity contribution < 1.29 is 33.7 Å². The quantitative estimate of drug-likeness (QED) is 0.120. The van der Waals surface area contributed by atoms with E-state index in [2.05, 4.69) is 61.9 Å². The molecule has 0 radical (unpaired) electrons. The minimum atomic E-state index is -1.26. The molecule has 1 aliphatic rings. The first-order valence-corrected chi connectivity index (χ1v) is 17.3. The smallest absolute Gasteiger partial charge is 0.328 e. The molecule has 2 aromatic heterocycles. The van der Waals surface area contributed by atoms with Gasteiger partial charge in [-0.05, 0) is 93.3 Å². The predicted molar refractivity (Wildman–Crippen MR) is 204 cm³/mol. The first-order valence-electron chi connectivity index (χ1n) is 17.3. The molecule has 0 spiro atoms. The van der Waals surface area contributed by atoms with Crippen molar-refractivity contribution in [2.24, 2.45) is 0 Å². The molecule has 4 aromatic rings. The number of halogens is 1. The number of benzene rings is 2. The Morgan fingerprint density at radius 3 is 1.96 bits per heavy atom. The molecule has 0 saturated carbocycles. The highest BCUT2D eigenvalue weighted by atomic mass is 19.1. The van der Waals surface area contributed by atoms with Gasteiger partial charge in [0.2, 0.25) is 0 Å². The van der Waals surface area contributed by atoms with Gasteiger partial charge in [0.15, 0.2) is 5.78 Å². The van der Waals surface area contributed by atoms with Crippen LogP contribution in [0.4, 0.5) is 16.0 Å². The van der Waals surface area contributed by atoms with Gasteiger partial charge in [0, 0.05) is 82.3 Å². The lowest BCUT2D eigenvalue weighted by Gasteiger charge is -2.35. The molecule has 282 valence electrons. The summed E-state index contributed by atoms with van der Waals surface area (Å²) in [6, 6.07) is 26.0. The molecular formula is C40H49FN6O6. The highest BCUT2D eigenvalue weighted by Gasteiger charge is 2.18. The third kappa shape index (κ3) is 16.5. The van der Waals surface area contributed by atoms with Crippen LogP contribution in [0.2, 0.25) is 0 Å². The van der Waals surface area contributed by atoms with Gasteiger partial charge in [0.05, 0.1) is 7.11 Å². The van der Waals surface area contributed by atoms with Crippen molar-refractivity contribution in [2.45, 2.75) is 19.4 Å². The van der Waals surface area contributed by atoms with Crippen LogP contribution in [0.15, 0.2) is 109 Å². The van der Waals surface area contributed by atoms with E-state index >= 15 is 0 Å². The standard InChI is InChI=1S/C19H22FN3O.C17H23N3O.C4H4O4/c20-17-8-6-16(7-9-17)18(24)4-3-11-22-12-14-23(15-13-22)19-5-1-2-10-21-19;1-19(2)12-13-20(17-6-4-5-11-18-17)14-15-7-9-16(21-3)10-8-15;5-3(6)1-2-4(7)8/h1-2,5-10H,3-4,11-15H2;4-11H,12-14H2,1-3H3;1-2H,(H,5,6)(H,7,8)/b;;2-1-. The summed E-state index contributed by atoms with van der Waals surface area (Å²) in [4.78, 5) is 49.2. The van der Waals surface area contributed by atoms with Crippen molar-refractivity contribution in [1.82, 2.24) is 19.8 Å². The Morgan fingerprint density at radius 2 is 1.43 bits per heavy atom. The first kappa shape index (κ1) is 41.8. The number of anilines is 2. The van der Waals surface area contributed by atoms with Gasteiger partial charge in [-0.2, -0.15) is 0 Å². The predicted octanol–water partition coefficient (Wildman–Crippen LogP) is 5.38. The number of hydrogen-bond donors (Lipinski definition) is 2. The molecule has 53 heavy (non-hydrogen) atoms. The third-order valence-corrected chi connectivity index (χ3v) is 8.08. The fraction of sp³-hybridized carbons (Fsp3) is 0.325. The van der Waals surface area contributed by atoms with Crippen LogP contribution in [0.1, 0.15) is 28.8 Å².